The lowest BCUT2D eigenvalue weighted by molar-refractivity contribution is -0.122. The lowest BCUT2D eigenvalue weighted by Crippen LogP contribution is -2.31. The molecule has 0 saturated carbocycles. The highest BCUT2D eigenvalue weighted by Gasteiger charge is 2.42. The van der Waals surface area contributed by atoms with Crippen molar-refractivity contribution in [1.29, 1.82) is 0 Å². The number of methoxy groups -OCH3 is 1. The van der Waals surface area contributed by atoms with Gasteiger partial charge < -0.3 is 19.5 Å². The van der Waals surface area contributed by atoms with Crippen molar-refractivity contribution in [2.24, 2.45) is 0 Å². The molecule has 0 radical (unpaired) electrons. The molecule has 0 atom stereocenters. The normalized spacial score (nSPS) is 15.7. The van der Waals surface area contributed by atoms with Crippen LogP contribution in [-0.4, -0.2) is 38.4 Å². The van der Waals surface area contributed by atoms with E-state index < -0.39 is 15.9 Å². The van der Waals surface area contributed by atoms with Gasteiger partial charge in [-0.2, -0.15) is 0 Å². The summed E-state index contributed by atoms with van der Waals surface area (Å²) in [7, 11) is -2.52. The topological polar surface area (TPSA) is 111 Å². The fourth-order valence-corrected chi connectivity index (χ4v) is 6.03. The first-order valence-corrected chi connectivity index (χ1v) is 12.9. The van der Waals surface area contributed by atoms with Gasteiger partial charge in [0, 0.05) is 17.7 Å². The van der Waals surface area contributed by atoms with Gasteiger partial charge in [0.2, 0.25) is 6.79 Å². The number of hydrogen-bond acceptors (Lipinski definition) is 7. The third-order valence-electron chi connectivity index (χ3n) is 6.22. The van der Waals surface area contributed by atoms with E-state index in [-0.39, 0.29) is 29.7 Å². The molecule has 5 rings (SSSR count). The van der Waals surface area contributed by atoms with Crippen LogP contribution in [0.4, 0.5) is 0 Å². The van der Waals surface area contributed by atoms with Crippen LogP contribution in [-0.2, 0) is 27.9 Å². The number of nitrogens with zero attached hydrogens (tertiary/aromatic N) is 1. The molecule has 0 spiro atoms. The van der Waals surface area contributed by atoms with Crippen molar-refractivity contribution in [3.05, 3.63) is 94.6 Å². The third-order valence-corrected chi connectivity index (χ3v) is 8.15. The van der Waals surface area contributed by atoms with Crippen molar-refractivity contribution in [3.8, 4) is 17.2 Å². The number of carbonyl (C=O) groups excluding carboxylic acids is 2. The first kappa shape index (κ1) is 24.4. The van der Waals surface area contributed by atoms with Gasteiger partial charge in [-0.25, -0.2) is 12.7 Å². The molecule has 0 aliphatic carbocycles. The highest BCUT2D eigenvalue weighted by Crippen LogP contribution is 2.37. The summed E-state index contributed by atoms with van der Waals surface area (Å²) in [4.78, 5) is 25.5. The lowest BCUT2D eigenvalue weighted by Gasteiger charge is -2.17. The van der Waals surface area contributed by atoms with Crippen LogP contribution >= 0.6 is 0 Å². The fourth-order valence-electron chi connectivity index (χ4n) is 4.22. The van der Waals surface area contributed by atoms with Crippen LogP contribution in [0.15, 0.2) is 72.3 Å². The van der Waals surface area contributed by atoms with Crippen molar-refractivity contribution in [2.75, 3.05) is 13.9 Å². The van der Waals surface area contributed by atoms with Crippen LogP contribution < -0.4 is 19.5 Å². The van der Waals surface area contributed by atoms with E-state index in [9.17, 15) is 18.0 Å². The summed E-state index contributed by atoms with van der Waals surface area (Å²) in [6.07, 6.45) is 0. The number of nitrogens with one attached hydrogen (secondary N) is 1. The van der Waals surface area contributed by atoms with Crippen molar-refractivity contribution in [3.63, 3.8) is 0 Å². The number of fused-ring (bicyclic) bond motifs is 1. The number of rotatable bonds is 7. The minimum atomic E-state index is -4.04. The maximum Gasteiger partial charge on any atom is 0.268 e. The van der Waals surface area contributed by atoms with Crippen molar-refractivity contribution in [2.45, 2.75) is 20.0 Å². The Balaban J connectivity index is 1.25. The zero-order chi connectivity index (χ0) is 26.2. The molecule has 37 heavy (non-hydrogen) atoms. The van der Waals surface area contributed by atoms with E-state index in [0.29, 0.717) is 40.5 Å². The molecule has 9 nitrogen and oxygen atoms in total. The second kappa shape index (κ2) is 9.62. The smallest absolute Gasteiger partial charge is 0.268 e. The molecule has 0 bridgehead atoms. The lowest BCUT2D eigenvalue weighted by atomic mass is 10.1. The maximum atomic E-state index is 13.3. The molecular weight excluding hydrogens is 496 g/mol. The van der Waals surface area contributed by atoms with Gasteiger partial charge >= 0.3 is 0 Å². The number of carbonyl (C=O) groups is 2. The summed E-state index contributed by atoms with van der Waals surface area (Å²) in [5.41, 5.74) is 2.43. The van der Waals surface area contributed by atoms with Gasteiger partial charge in [0.25, 0.3) is 21.8 Å². The Labute approximate surface area is 214 Å². The van der Waals surface area contributed by atoms with Crippen LogP contribution in [0.2, 0.25) is 0 Å². The molecule has 2 heterocycles. The highest BCUT2D eigenvalue weighted by molar-refractivity contribution is 7.99. The first-order valence-electron chi connectivity index (χ1n) is 11.5. The second-order valence-corrected chi connectivity index (χ2v) is 10.4. The predicted molar refractivity (Wildman–Crippen MR) is 135 cm³/mol. The second-order valence-electron chi connectivity index (χ2n) is 8.57. The zero-order valence-electron chi connectivity index (χ0n) is 20.2. The number of hydrogen-bond donors (Lipinski definition) is 1. The Morgan fingerprint density at radius 3 is 2.35 bits per heavy atom. The van der Waals surface area contributed by atoms with E-state index in [1.807, 2.05) is 12.1 Å². The number of benzene rings is 3. The molecule has 3 aromatic carbocycles. The van der Waals surface area contributed by atoms with Crippen LogP contribution in [0.1, 0.15) is 34.0 Å². The number of ether oxygens (including phenoxy) is 3. The van der Waals surface area contributed by atoms with E-state index in [1.54, 1.807) is 54.6 Å². The summed E-state index contributed by atoms with van der Waals surface area (Å²) in [5, 5.41) is 2.85. The van der Waals surface area contributed by atoms with Gasteiger partial charge in [0.15, 0.2) is 11.5 Å². The molecule has 0 fully saturated rings. The van der Waals surface area contributed by atoms with E-state index in [4.69, 9.17) is 14.2 Å². The van der Waals surface area contributed by atoms with Gasteiger partial charge in [0.05, 0.1) is 13.7 Å². The van der Waals surface area contributed by atoms with Crippen LogP contribution in [0.25, 0.3) is 4.91 Å². The average Bonchev–Trinajstić information content (AvgIpc) is 3.44. The molecule has 2 aliphatic heterocycles. The van der Waals surface area contributed by atoms with E-state index in [2.05, 4.69) is 5.32 Å². The largest absolute Gasteiger partial charge is 0.497 e. The molecule has 190 valence electrons. The van der Waals surface area contributed by atoms with Crippen molar-refractivity contribution >= 4 is 26.7 Å². The molecule has 0 unspecified atom stereocenters. The maximum absolute atomic E-state index is 13.3. The molecule has 1 N–H and O–H groups in total. The molecule has 0 saturated heterocycles. The van der Waals surface area contributed by atoms with Gasteiger partial charge in [-0.05, 0) is 72.1 Å². The Kier molecular flexibility index (Phi) is 6.34. The van der Waals surface area contributed by atoms with Gasteiger partial charge in [0.1, 0.15) is 10.7 Å². The zero-order valence-corrected chi connectivity index (χ0v) is 21.0. The summed E-state index contributed by atoms with van der Waals surface area (Å²) in [5.74, 6) is 1.04. The molecule has 3 aromatic rings. The van der Waals surface area contributed by atoms with Crippen LogP contribution in [0.3, 0.4) is 0 Å². The number of sulfonamides is 1. The molecule has 0 aromatic heterocycles. The molecular formula is C27H24N2O7S. The van der Waals surface area contributed by atoms with Gasteiger partial charge in [-0.1, -0.05) is 18.2 Å². The van der Waals surface area contributed by atoms with Crippen LogP contribution in [0.5, 0.6) is 17.2 Å². The predicted octanol–water partition coefficient (Wildman–Crippen LogP) is 3.46. The van der Waals surface area contributed by atoms with E-state index >= 15 is 0 Å². The quantitative estimate of drug-likeness (QED) is 0.508. The molecule has 10 heteroatoms. The Morgan fingerprint density at radius 1 is 0.973 bits per heavy atom. The van der Waals surface area contributed by atoms with E-state index in [0.717, 1.165) is 9.87 Å². The summed E-state index contributed by atoms with van der Waals surface area (Å²) in [6, 6.07) is 18.5. The van der Waals surface area contributed by atoms with Gasteiger partial charge in [-0.15, -0.1) is 0 Å². The fraction of sp³-hybridized carbons (Fsp3) is 0.185. The minimum absolute atomic E-state index is 0.0142. The van der Waals surface area contributed by atoms with Gasteiger partial charge in [-0.3, -0.25) is 9.59 Å². The highest BCUT2D eigenvalue weighted by atomic mass is 32.2. The van der Waals surface area contributed by atoms with Crippen molar-refractivity contribution in [1.82, 2.24) is 9.62 Å². The SMILES string of the molecule is COc1ccc(C2=C(C)C(=O)N(Cc3ccc(C(=O)NCc4ccc5c(c4)OCO5)cc3)S2(=O)=O)cc1. The molecule has 2 amide bonds. The third kappa shape index (κ3) is 4.63. The standard InChI is InChI=1S/C27H24N2O7S/c1-17-25(20-8-10-22(34-2)11-9-20)37(32,33)29(27(17)31)15-18-3-6-21(7-4-18)26(30)28-14-19-5-12-23-24(13-19)36-16-35-23/h3-13H,14-16H2,1-2H3,(H,28,30). The number of amides is 2. The van der Waals surface area contributed by atoms with E-state index in [1.165, 1.54) is 14.0 Å². The average molecular weight is 521 g/mol. The Hall–Kier alpha value is -4.31. The Morgan fingerprint density at radius 2 is 1.65 bits per heavy atom. The minimum Gasteiger partial charge on any atom is -0.497 e. The summed E-state index contributed by atoms with van der Waals surface area (Å²) in [6.45, 7) is 1.85. The first-order chi connectivity index (χ1) is 17.8. The Bertz CT molecular complexity index is 1510. The monoisotopic (exact) mass is 520 g/mol. The van der Waals surface area contributed by atoms with Crippen LogP contribution in [0, 0.1) is 0 Å². The summed E-state index contributed by atoms with van der Waals surface area (Å²) >= 11 is 0. The summed E-state index contributed by atoms with van der Waals surface area (Å²) < 4.78 is 43.2. The van der Waals surface area contributed by atoms with Crippen molar-refractivity contribution < 1.29 is 32.2 Å². The molecule has 2 aliphatic rings.